The number of piperazine rings is 1. The lowest BCUT2D eigenvalue weighted by molar-refractivity contribution is -0.192. The van der Waals surface area contributed by atoms with E-state index in [0.29, 0.717) is 45.6 Å². The average Bonchev–Trinajstić information content (AvgIpc) is 3.66. The number of carbonyl (C=O) groups is 3. The number of alkyl halides is 3. The number of hydrogen-bond donors (Lipinski definition) is 2. The van der Waals surface area contributed by atoms with Gasteiger partial charge in [-0.15, -0.1) is 0 Å². The zero-order valence-electron chi connectivity index (χ0n) is 27.1. The van der Waals surface area contributed by atoms with Gasteiger partial charge in [-0.05, 0) is 47.2 Å². The van der Waals surface area contributed by atoms with Crippen LogP contribution in [0.4, 0.5) is 13.2 Å². The van der Waals surface area contributed by atoms with E-state index in [4.69, 9.17) is 24.1 Å². The molecule has 0 aromatic heterocycles. The molecule has 0 radical (unpaired) electrons. The topological polar surface area (TPSA) is 121 Å². The summed E-state index contributed by atoms with van der Waals surface area (Å²) in [5, 5.41) is 10.5. The van der Waals surface area contributed by atoms with Crippen molar-refractivity contribution in [3.63, 3.8) is 0 Å². The highest BCUT2D eigenvalue weighted by Crippen LogP contribution is 2.35. The van der Waals surface area contributed by atoms with Gasteiger partial charge < -0.3 is 34.4 Å². The predicted molar refractivity (Wildman–Crippen MR) is 166 cm³/mol. The number of nitrogens with one attached hydrogen (secondary N) is 1. The third-order valence-corrected chi connectivity index (χ3v) is 8.09. The van der Waals surface area contributed by atoms with Crippen molar-refractivity contribution in [2.24, 2.45) is 5.41 Å². The van der Waals surface area contributed by atoms with Crippen LogP contribution in [0.2, 0.25) is 0 Å². The molecule has 0 saturated carbocycles. The van der Waals surface area contributed by atoms with Crippen molar-refractivity contribution in [1.29, 1.82) is 0 Å². The van der Waals surface area contributed by atoms with E-state index < -0.39 is 12.1 Å². The molecule has 2 aromatic carbocycles. The second kappa shape index (κ2) is 15.2. The molecule has 11 nitrogen and oxygen atoms in total. The molecule has 258 valence electrons. The van der Waals surface area contributed by atoms with Gasteiger partial charge in [0.05, 0.1) is 13.2 Å². The molecule has 2 fully saturated rings. The van der Waals surface area contributed by atoms with Crippen molar-refractivity contribution in [2.75, 3.05) is 46.6 Å². The van der Waals surface area contributed by atoms with Gasteiger partial charge >= 0.3 is 12.1 Å². The van der Waals surface area contributed by atoms with Crippen molar-refractivity contribution in [1.82, 2.24) is 20.0 Å². The number of amides is 2. The molecule has 0 unspecified atom stereocenters. The maximum atomic E-state index is 13.9. The number of carboxylic acid groups (broad SMARTS) is 1. The number of aliphatic carboxylic acids is 1. The van der Waals surface area contributed by atoms with Gasteiger partial charge in [0.25, 0.3) is 0 Å². The first-order chi connectivity index (χ1) is 22.1. The van der Waals surface area contributed by atoms with Crippen LogP contribution in [-0.2, 0) is 27.5 Å². The summed E-state index contributed by atoms with van der Waals surface area (Å²) in [6.07, 6.45) is -4.04. The average molecular weight is 665 g/mol. The van der Waals surface area contributed by atoms with Crippen LogP contribution in [0.1, 0.15) is 44.7 Å². The molecule has 47 heavy (non-hydrogen) atoms. The highest BCUT2D eigenvalue weighted by molar-refractivity contribution is 5.83. The molecule has 5 rings (SSSR count). The monoisotopic (exact) mass is 664 g/mol. The lowest BCUT2D eigenvalue weighted by Crippen LogP contribution is -2.52. The SMILES string of the molecule is COc1cccc(CN(C(=O)CC(C)(C)C)[C@H]2C[C@@H](C(=O)N3CCNCC3)N(Cc3ccc4c(c3)OCO4)C2)c1.O=C(O)C(F)(F)F. The Morgan fingerprint density at radius 3 is 2.34 bits per heavy atom. The Kier molecular flexibility index (Phi) is 11.6. The van der Waals surface area contributed by atoms with E-state index in [1.807, 2.05) is 52.3 Å². The predicted octanol–water partition coefficient (Wildman–Crippen LogP) is 3.90. The van der Waals surface area contributed by atoms with Crippen LogP contribution in [0.5, 0.6) is 17.2 Å². The second-order valence-corrected chi connectivity index (χ2v) is 13.0. The van der Waals surface area contributed by atoms with Gasteiger partial charge in [-0.1, -0.05) is 39.0 Å². The van der Waals surface area contributed by atoms with Crippen LogP contribution in [-0.4, -0.2) is 102 Å². The largest absolute Gasteiger partial charge is 0.497 e. The number of fused-ring (bicyclic) bond motifs is 1. The summed E-state index contributed by atoms with van der Waals surface area (Å²) in [6.45, 7) is 11.2. The normalized spacial score (nSPS) is 19.5. The van der Waals surface area contributed by atoms with Gasteiger partial charge in [0.2, 0.25) is 18.6 Å². The van der Waals surface area contributed by atoms with Gasteiger partial charge in [0.1, 0.15) is 5.75 Å². The summed E-state index contributed by atoms with van der Waals surface area (Å²) in [6, 6.07) is 13.5. The Bertz CT molecular complexity index is 1410. The fraction of sp³-hybridized carbons (Fsp3) is 0.545. The standard InChI is InChI=1S/C31H42N4O5.C2HF3O2/c1-31(2,3)17-29(36)35(19-22-6-5-7-25(14-22)38-4)24-16-26(30(37)33-12-10-32-11-13-33)34(20-24)18-23-8-9-27-28(15-23)40-21-39-27;3-2(4,5)1(6)7/h5-9,14-15,24,26,32H,10-13,16-21H2,1-4H3;(H,6,7)/t24-,26-;/m0./s1. The number of hydrogen-bond acceptors (Lipinski definition) is 8. The van der Waals surface area contributed by atoms with E-state index in [2.05, 4.69) is 31.0 Å². The van der Waals surface area contributed by atoms with Crippen molar-refractivity contribution >= 4 is 17.8 Å². The van der Waals surface area contributed by atoms with E-state index in [0.717, 1.165) is 41.5 Å². The van der Waals surface area contributed by atoms with Crippen LogP contribution in [0.3, 0.4) is 0 Å². The summed E-state index contributed by atoms with van der Waals surface area (Å²) in [5.74, 6) is -0.254. The first kappa shape index (κ1) is 35.8. The van der Waals surface area contributed by atoms with Crippen molar-refractivity contribution in [2.45, 2.75) is 65.0 Å². The molecule has 2 atom stereocenters. The number of carboxylic acids is 1. The van der Waals surface area contributed by atoms with Gasteiger partial charge in [0, 0.05) is 58.3 Å². The zero-order valence-corrected chi connectivity index (χ0v) is 27.1. The van der Waals surface area contributed by atoms with Crippen LogP contribution in [0, 0.1) is 5.41 Å². The summed E-state index contributed by atoms with van der Waals surface area (Å²) < 4.78 is 48.3. The molecule has 14 heteroatoms. The van der Waals surface area contributed by atoms with Crippen LogP contribution in [0.15, 0.2) is 42.5 Å². The molecule has 3 heterocycles. The molecule has 0 spiro atoms. The van der Waals surface area contributed by atoms with Crippen LogP contribution >= 0.6 is 0 Å². The van der Waals surface area contributed by atoms with E-state index in [1.165, 1.54) is 0 Å². The molecule has 2 aromatic rings. The fourth-order valence-electron chi connectivity index (χ4n) is 5.85. The molecule has 3 aliphatic rings. The first-order valence-corrected chi connectivity index (χ1v) is 15.5. The molecule has 3 aliphatic heterocycles. The van der Waals surface area contributed by atoms with Gasteiger partial charge in [0.15, 0.2) is 11.5 Å². The lowest BCUT2D eigenvalue weighted by Gasteiger charge is -2.33. The smallest absolute Gasteiger partial charge is 0.490 e. The van der Waals surface area contributed by atoms with Crippen molar-refractivity contribution < 1.29 is 46.9 Å². The minimum absolute atomic E-state index is 0.0908. The number of rotatable bonds is 8. The van der Waals surface area contributed by atoms with Crippen LogP contribution < -0.4 is 19.5 Å². The summed E-state index contributed by atoms with van der Waals surface area (Å²) in [5.41, 5.74) is 1.93. The van der Waals surface area contributed by atoms with Crippen LogP contribution in [0.25, 0.3) is 0 Å². The maximum absolute atomic E-state index is 13.9. The quantitative estimate of drug-likeness (QED) is 0.433. The Morgan fingerprint density at radius 1 is 1.02 bits per heavy atom. The summed E-state index contributed by atoms with van der Waals surface area (Å²) >= 11 is 0. The number of benzene rings is 2. The Morgan fingerprint density at radius 2 is 1.70 bits per heavy atom. The van der Waals surface area contributed by atoms with Gasteiger partial charge in [-0.3, -0.25) is 14.5 Å². The summed E-state index contributed by atoms with van der Waals surface area (Å²) in [7, 11) is 1.65. The Hall–Kier alpha value is -4.04. The van der Waals surface area contributed by atoms with E-state index in [9.17, 15) is 22.8 Å². The van der Waals surface area contributed by atoms with E-state index >= 15 is 0 Å². The lowest BCUT2D eigenvalue weighted by atomic mass is 9.91. The second-order valence-electron chi connectivity index (χ2n) is 13.0. The number of ether oxygens (including phenoxy) is 3. The third kappa shape index (κ3) is 9.97. The number of halogens is 3. The number of methoxy groups -OCH3 is 1. The fourth-order valence-corrected chi connectivity index (χ4v) is 5.85. The van der Waals surface area contributed by atoms with Crippen molar-refractivity contribution in [3.05, 3.63) is 53.6 Å². The molecule has 2 saturated heterocycles. The highest BCUT2D eigenvalue weighted by atomic mass is 19.4. The highest BCUT2D eigenvalue weighted by Gasteiger charge is 2.43. The van der Waals surface area contributed by atoms with E-state index in [-0.39, 0.29) is 36.1 Å². The maximum Gasteiger partial charge on any atom is 0.490 e. The minimum atomic E-state index is -5.08. The molecule has 2 amide bonds. The number of nitrogens with zero attached hydrogens (tertiary/aromatic N) is 3. The Balaban J connectivity index is 0.000000644. The van der Waals surface area contributed by atoms with E-state index in [1.54, 1.807) is 7.11 Å². The molecule has 2 N–H and O–H groups in total. The third-order valence-electron chi connectivity index (χ3n) is 8.09. The Labute approximate surface area is 272 Å². The van der Waals surface area contributed by atoms with Crippen molar-refractivity contribution in [3.8, 4) is 17.2 Å². The molecule has 0 bridgehead atoms. The minimum Gasteiger partial charge on any atom is -0.497 e. The number of likely N-dealkylation sites (tertiary alicyclic amines) is 1. The van der Waals surface area contributed by atoms with Gasteiger partial charge in [-0.2, -0.15) is 13.2 Å². The number of carbonyl (C=O) groups excluding carboxylic acids is 2. The summed E-state index contributed by atoms with van der Waals surface area (Å²) in [4.78, 5) is 42.8. The molecular formula is C33H43F3N4O7. The zero-order chi connectivity index (χ0) is 34.4. The molecule has 0 aliphatic carbocycles. The molecular weight excluding hydrogens is 621 g/mol. The van der Waals surface area contributed by atoms with Gasteiger partial charge in [-0.25, -0.2) is 4.79 Å². The first-order valence-electron chi connectivity index (χ1n) is 15.5.